The van der Waals surface area contributed by atoms with Gasteiger partial charge in [0.1, 0.15) is 9.84 Å². The van der Waals surface area contributed by atoms with E-state index in [4.69, 9.17) is 0 Å². The number of hydrogen-bond acceptors (Lipinski definition) is 3. The monoisotopic (exact) mass is 305 g/mol. The van der Waals surface area contributed by atoms with Crippen molar-refractivity contribution in [1.29, 1.82) is 0 Å². The van der Waals surface area contributed by atoms with Crippen LogP contribution in [0.5, 0.6) is 0 Å². The van der Waals surface area contributed by atoms with E-state index in [9.17, 15) is 8.42 Å². The second kappa shape index (κ2) is 5.77. The highest BCUT2D eigenvalue weighted by molar-refractivity contribution is 9.10. The lowest BCUT2D eigenvalue weighted by Crippen LogP contribution is -2.03. The summed E-state index contributed by atoms with van der Waals surface area (Å²) in [4.78, 5) is 4.28. The third-order valence-corrected chi connectivity index (χ3v) is 4.16. The Hall–Kier alpha value is -0.420. The van der Waals surface area contributed by atoms with Gasteiger partial charge in [-0.05, 0) is 53.7 Å². The number of halogens is 1. The molecule has 0 radical (unpaired) electrons. The minimum atomic E-state index is -2.82. The Labute approximate surface area is 105 Å². The average molecular weight is 306 g/mol. The maximum Gasteiger partial charge on any atom is 0.147 e. The molecule has 1 aromatic rings. The SMILES string of the molecule is Cc1cc(CCCCS(C)(=O)=O)ncc1Br. The Morgan fingerprint density at radius 2 is 2.06 bits per heavy atom. The second-order valence-electron chi connectivity index (χ2n) is 4.01. The zero-order valence-electron chi connectivity index (χ0n) is 9.53. The standard InChI is InChI=1S/C11H16BrNO2S/c1-9-7-10(13-8-11(9)12)5-3-4-6-16(2,14)15/h7-8H,3-6H2,1-2H3. The quantitative estimate of drug-likeness (QED) is 0.785. The average Bonchev–Trinajstić information content (AvgIpc) is 2.17. The molecule has 0 N–H and O–H groups in total. The summed E-state index contributed by atoms with van der Waals surface area (Å²) in [5, 5.41) is 0. The number of pyridine rings is 1. The van der Waals surface area contributed by atoms with Gasteiger partial charge in [-0.25, -0.2) is 8.42 Å². The van der Waals surface area contributed by atoms with E-state index in [0.717, 1.165) is 28.6 Å². The van der Waals surface area contributed by atoms with Crippen molar-refractivity contribution in [2.75, 3.05) is 12.0 Å². The van der Waals surface area contributed by atoms with E-state index in [1.54, 1.807) is 6.20 Å². The summed E-state index contributed by atoms with van der Waals surface area (Å²) < 4.78 is 22.8. The summed E-state index contributed by atoms with van der Waals surface area (Å²) >= 11 is 3.40. The first-order valence-corrected chi connectivity index (χ1v) is 8.02. The van der Waals surface area contributed by atoms with Gasteiger partial charge in [-0.2, -0.15) is 0 Å². The predicted molar refractivity (Wildman–Crippen MR) is 69.3 cm³/mol. The largest absolute Gasteiger partial charge is 0.260 e. The van der Waals surface area contributed by atoms with Gasteiger partial charge >= 0.3 is 0 Å². The Morgan fingerprint density at radius 3 is 2.62 bits per heavy atom. The van der Waals surface area contributed by atoms with Crippen molar-refractivity contribution in [2.45, 2.75) is 26.2 Å². The molecule has 1 aromatic heterocycles. The van der Waals surface area contributed by atoms with Crippen LogP contribution in [-0.4, -0.2) is 25.4 Å². The maximum atomic E-state index is 10.9. The molecule has 0 aliphatic heterocycles. The predicted octanol–water partition coefficient (Wildman–Crippen LogP) is 2.52. The molecule has 1 rings (SSSR count). The normalized spacial score (nSPS) is 11.7. The number of unbranched alkanes of at least 4 members (excludes halogenated alkanes) is 1. The molecule has 0 unspecified atom stereocenters. The van der Waals surface area contributed by atoms with Gasteiger partial charge in [0, 0.05) is 28.4 Å². The summed E-state index contributed by atoms with van der Waals surface area (Å²) in [6, 6.07) is 2.03. The topological polar surface area (TPSA) is 47.0 Å². The summed E-state index contributed by atoms with van der Waals surface area (Å²) in [7, 11) is -2.82. The zero-order valence-corrected chi connectivity index (χ0v) is 11.9. The van der Waals surface area contributed by atoms with E-state index in [1.165, 1.54) is 6.26 Å². The molecule has 3 nitrogen and oxygen atoms in total. The van der Waals surface area contributed by atoms with Gasteiger partial charge in [0.2, 0.25) is 0 Å². The lowest BCUT2D eigenvalue weighted by atomic mass is 10.1. The molecule has 0 spiro atoms. The third kappa shape index (κ3) is 5.07. The fourth-order valence-corrected chi connectivity index (χ4v) is 2.35. The Bertz CT molecular complexity index is 457. The lowest BCUT2D eigenvalue weighted by Gasteiger charge is -2.03. The van der Waals surface area contributed by atoms with Crippen LogP contribution in [0.25, 0.3) is 0 Å². The molecule has 0 atom stereocenters. The molecule has 0 aromatic carbocycles. The van der Waals surface area contributed by atoms with E-state index in [1.807, 2.05) is 13.0 Å². The number of hydrogen-bond donors (Lipinski definition) is 0. The van der Waals surface area contributed by atoms with E-state index >= 15 is 0 Å². The van der Waals surface area contributed by atoms with Crippen molar-refractivity contribution in [3.8, 4) is 0 Å². The highest BCUT2D eigenvalue weighted by Gasteiger charge is 2.03. The maximum absolute atomic E-state index is 10.9. The second-order valence-corrected chi connectivity index (χ2v) is 7.13. The molecule has 0 saturated heterocycles. The molecule has 0 bridgehead atoms. The van der Waals surface area contributed by atoms with Crippen molar-refractivity contribution in [1.82, 2.24) is 4.98 Å². The Kier molecular flexibility index (Phi) is 4.92. The number of aryl methyl sites for hydroxylation is 2. The summed E-state index contributed by atoms with van der Waals surface area (Å²) in [6.45, 7) is 2.02. The molecule has 0 amide bonds. The first-order chi connectivity index (χ1) is 7.38. The first kappa shape index (κ1) is 13.6. The molecule has 0 aliphatic rings. The van der Waals surface area contributed by atoms with Crippen LogP contribution in [0.3, 0.4) is 0 Å². The van der Waals surface area contributed by atoms with Crippen LogP contribution in [0.2, 0.25) is 0 Å². The smallest absolute Gasteiger partial charge is 0.147 e. The summed E-state index contributed by atoms with van der Waals surface area (Å²) in [5.41, 5.74) is 2.18. The van der Waals surface area contributed by atoms with Gasteiger partial charge in [0.25, 0.3) is 0 Å². The highest BCUT2D eigenvalue weighted by Crippen LogP contribution is 2.15. The van der Waals surface area contributed by atoms with E-state index < -0.39 is 9.84 Å². The third-order valence-electron chi connectivity index (χ3n) is 2.30. The van der Waals surface area contributed by atoms with Gasteiger partial charge in [-0.3, -0.25) is 4.98 Å². The number of rotatable bonds is 5. The summed E-state index contributed by atoms with van der Waals surface area (Å²) in [6.07, 6.45) is 5.47. The van der Waals surface area contributed by atoms with Gasteiger partial charge in [0.15, 0.2) is 0 Å². The van der Waals surface area contributed by atoms with E-state index in [2.05, 4.69) is 20.9 Å². The molecule has 0 aliphatic carbocycles. The minimum absolute atomic E-state index is 0.266. The molecule has 0 fully saturated rings. The Balaban J connectivity index is 2.41. The van der Waals surface area contributed by atoms with Crippen LogP contribution in [-0.2, 0) is 16.3 Å². The van der Waals surface area contributed by atoms with E-state index in [0.29, 0.717) is 6.42 Å². The van der Waals surface area contributed by atoms with E-state index in [-0.39, 0.29) is 5.75 Å². The molecule has 5 heteroatoms. The fourth-order valence-electron chi connectivity index (χ4n) is 1.40. The number of sulfone groups is 1. The highest BCUT2D eigenvalue weighted by atomic mass is 79.9. The van der Waals surface area contributed by atoms with Gasteiger partial charge in [-0.1, -0.05) is 0 Å². The molecule has 1 heterocycles. The summed E-state index contributed by atoms with van der Waals surface area (Å²) in [5.74, 6) is 0.266. The number of aromatic nitrogens is 1. The van der Waals surface area contributed by atoms with Crippen molar-refractivity contribution in [3.63, 3.8) is 0 Å². The van der Waals surface area contributed by atoms with Crippen molar-refractivity contribution >= 4 is 25.8 Å². The molecule has 0 saturated carbocycles. The van der Waals surface area contributed by atoms with Gasteiger partial charge < -0.3 is 0 Å². The van der Waals surface area contributed by atoms with Crippen molar-refractivity contribution in [2.24, 2.45) is 0 Å². The van der Waals surface area contributed by atoms with Crippen molar-refractivity contribution in [3.05, 3.63) is 28.0 Å². The van der Waals surface area contributed by atoms with Crippen LogP contribution in [0.15, 0.2) is 16.7 Å². The van der Waals surface area contributed by atoms with Crippen LogP contribution in [0, 0.1) is 6.92 Å². The minimum Gasteiger partial charge on any atom is -0.260 e. The van der Waals surface area contributed by atoms with Crippen LogP contribution in [0.4, 0.5) is 0 Å². The van der Waals surface area contributed by atoms with Crippen LogP contribution in [0.1, 0.15) is 24.1 Å². The molecule has 90 valence electrons. The molecular weight excluding hydrogens is 290 g/mol. The van der Waals surface area contributed by atoms with Crippen LogP contribution >= 0.6 is 15.9 Å². The number of nitrogens with zero attached hydrogens (tertiary/aromatic N) is 1. The Morgan fingerprint density at radius 1 is 1.38 bits per heavy atom. The van der Waals surface area contributed by atoms with Crippen LogP contribution < -0.4 is 0 Å². The van der Waals surface area contributed by atoms with Crippen molar-refractivity contribution < 1.29 is 8.42 Å². The molecular formula is C11H16BrNO2S. The first-order valence-electron chi connectivity index (χ1n) is 5.17. The van der Waals surface area contributed by atoms with Gasteiger partial charge in [-0.15, -0.1) is 0 Å². The van der Waals surface area contributed by atoms with Gasteiger partial charge in [0.05, 0.1) is 0 Å². The molecule has 16 heavy (non-hydrogen) atoms. The zero-order chi connectivity index (χ0) is 12.2. The lowest BCUT2D eigenvalue weighted by molar-refractivity contribution is 0.597. The fraction of sp³-hybridized carbons (Fsp3) is 0.545.